The molecule has 8 nitrogen and oxygen atoms in total. The monoisotopic (exact) mass is 375 g/mol. The minimum Gasteiger partial charge on any atom is -0.444 e. The van der Waals surface area contributed by atoms with Crippen LogP contribution in [-0.4, -0.2) is 50.2 Å². The van der Waals surface area contributed by atoms with Gasteiger partial charge in [0.1, 0.15) is 11.8 Å². The van der Waals surface area contributed by atoms with Crippen LogP contribution in [0.5, 0.6) is 0 Å². The molecule has 0 aromatic carbocycles. The average Bonchev–Trinajstić information content (AvgIpc) is 3.06. The van der Waals surface area contributed by atoms with Gasteiger partial charge in [-0.2, -0.15) is 11.3 Å². The molecule has 0 radical (unpaired) electrons. The van der Waals surface area contributed by atoms with E-state index in [9.17, 15) is 18.0 Å². The Morgan fingerprint density at radius 1 is 1.46 bits per heavy atom. The standard InChI is InChI=1S/C14H21N3O5S2/c1-14(2,3)22-13(19)17-7-10(6-12(17)15-9-18)16-24(20,21)11-4-5-23-8-11/h4-5,8-10,12,16H,6-7H2,1-3H3,(H,15,18)/t10-,12+/m1/s1. The number of hydrogen-bond acceptors (Lipinski definition) is 6. The van der Waals surface area contributed by atoms with Crippen molar-refractivity contribution in [1.29, 1.82) is 0 Å². The maximum Gasteiger partial charge on any atom is 0.411 e. The summed E-state index contributed by atoms with van der Waals surface area (Å²) in [5, 5.41) is 5.73. The highest BCUT2D eigenvalue weighted by Gasteiger charge is 2.39. The molecule has 0 unspecified atom stereocenters. The normalized spacial score (nSPS) is 21.5. The minimum atomic E-state index is -3.66. The molecule has 1 aliphatic heterocycles. The highest BCUT2D eigenvalue weighted by Crippen LogP contribution is 2.22. The molecule has 0 spiro atoms. The van der Waals surface area contributed by atoms with Crippen molar-refractivity contribution >= 4 is 33.9 Å². The van der Waals surface area contributed by atoms with Gasteiger partial charge in [-0.15, -0.1) is 0 Å². The molecule has 24 heavy (non-hydrogen) atoms. The van der Waals surface area contributed by atoms with Crippen LogP contribution >= 0.6 is 11.3 Å². The van der Waals surface area contributed by atoms with Gasteiger partial charge in [0.25, 0.3) is 0 Å². The van der Waals surface area contributed by atoms with E-state index in [0.29, 0.717) is 6.41 Å². The van der Waals surface area contributed by atoms with E-state index < -0.39 is 33.9 Å². The fourth-order valence-corrected chi connectivity index (χ4v) is 4.64. The lowest BCUT2D eigenvalue weighted by atomic mass is 10.2. The highest BCUT2D eigenvalue weighted by molar-refractivity contribution is 7.89. The second-order valence-electron chi connectivity index (χ2n) is 6.45. The van der Waals surface area contributed by atoms with Crippen molar-refractivity contribution in [2.75, 3.05) is 6.54 Å². The van der Waals surface area contributed by atoms with Gasteiger partial charge in [-0.1, -0.05) is 0 Å². The molecular formula is C14H21N3O5S2. The molecule has 0 saturated carbocycles. The second-order valence-corrected chi connectivity index (χ2v) is 8.94. The Morgan fingerprint density at radius 2 is 2.17 bits per heavy atom. The molecule has 1 saturated heterocycles. The van der Waals surface area contributed by atoms with Gasteiger partial charge in [0.15, 0.2) is 0 Å². The van der Waals surface area contributed by atoms with Gasteiger partial charge in [0.2, 0.25) is 16.4 Å². The van der Waals surface area contributed by atoms with E-state index in [4.69, 9.17) is 4.74 Å². The fraction of sp³-hybridized carbons (Fsp3) is 0.571. The first-order valence-corrected chi connectivity index (χ1v) is 9.79. The molecule has 2 heterocycles. The summed E-state index contributed by atoms with van der Waals surface area (Å²) in [6.45, 7) is 5.32. The molecule has 1 aromatic heterocycles. The van der Waals surface area contributed by atoms with Crippen molar-refractivity contribution in [3.8, 4) is 0 Å². The van der Waals surface area contributed by atoms with Crippen LogP contribution in [-0.2, 0) is 19.6 Å². The first-order chi connectivity index (χ1) is 11.1. The Labute approximate surface area is 145 Å². The molecule has 2 atom stereocenters. The summed E-state index contributed by atoms with van der Waals surface area (Å²) in [7, 11) is -3.66. The second kappa shape index (κ2) is 7.08. The number of ether oxygens (including phenoxy) is 1. The number of carbonyl (C=O) groups is 2. The largest absolute Gasteiger partial charge is 0.444 e. The molecule has 1 aliphatic rings. The molecule has 1 fully saturated rings. The Morgan fingerprint density at radius 3 is 2.71 bits per heavy atom. The lowest BCUT2D eigenvalue weighted by Gasteiger charge is -2.28. The molecule has 0 bridgehead atoms. The van der Waals surface area contributed by atoms with Crippen molar-refractivity contribution in [2.45, 2.75) is 49.9 Å². The third-order valence-electron chi connectivity index (χ3n) is 3.32. The van der Waals surface area contributed by atoms with Gasteiger partial charge in [-0.05, 0) is 32.2 Å². The zero-order valence-electron chi connectivity index (χ0n) is 13.7. The number of nitrogens with one attached hydrogen (secondary N) is 2. The number of hydrogen-bond donors (Lipinski definition) is 2. The van der Waals surface area contributed by atoms with E-state index in [-0.39, 0.29) is 17.9 Å². The number of thiophene rings is 1. The van der Waals surface area contributed by atoms with Gasteiger partial charge in [-0.25, -0.2) is 17.9 Å². The van der Waals surface area contributed by atoms with E-state index in [0.717, 1.165) is 0 Å². The maximum absolute atomic E-state index is 12.3. The predicted molar refractivity (Wildman–Crippen MR) is 89.0 cm³/mol. The SMILES string of the molecule is CC(C)(C)OC(=O)N1C[C@H](NS(=O)(=O)c2ccsc2)C[C@H]1NC=O. The molecule has 2 N–H and O–H groups in total. The summed E-state index contributed by atoms with van der Waals surface area (Å²) in [6.07, 6.45) is -0.467. The molecule has 134 valence electrons. The van der Waals surface area contributed by atoms with Crippen LogP contribution < -0.4 is 10.0 Å². The molecule has 2 amide bonds. The number of likely N-dealkylation sites (tertiary alicyclic amines) is 1. The molecule has 2 rings (SSSR count). The average molecular weight is 375 g/mol. The van der Waals surface area contributed by atoms with Crippen molar-refractivity contribution < 1.29 is 22.7 Å². The number of carbonyl (C=O) groups excluding carboxylic acids is 2. The first kappa shape index (κ1) is 18.7. The van der Waals surface area contributed by atoms with Crippen LogP contribution in [0.25, 0.3) is 0 Å². The Balaban J connectivity index is 2.09. The van der Waals surface area contributed by atoms with Crippen LogP contribution in [0.3, 0.4) is 0 Å². The molecule has 10 heteroatoms. The van der Waals surface area contributed by atoms with E-state index in [1.807, 2.05) is 0 Å². The van der Waals surface area contributed by atoms with Crippen molar-refractivity contribution in [2.24, 2.45) is 0 Å². The van der Waals surface area contributed by atoms with Crippen molar-refractivity contribution in [3.05, 3.63) is 16.8 Å². The Bertz CT molecular complexity index is 682. The summed E-state index contributed by atoms with van der Waals surface area (Å²) in [5.41, 5.74) is -0.683. The number of nitrogens with zero attached hydrogens (tertiary/aromatic N) is 1. The third-order valence-corrected chi connectivity index (χ3v) is 5.67. The third kappa shape index (κ3) is 4.68. The fourth-order valence-electron chi connectivity index (χ4n) is 2.37. The summed E-state index contributed by atoms with van der Waals surface area (Å²) in [5.74, 6) is 0. The van der Waals surface area contributed by atoms with Crippen LogP contribution in [0.2, 0.25) is 0 Å². The maximum atomic E-state index is 12.3. The Hall–Kier alpha value is -1.65. The van der Waals surface area contributed by atoms with Crippen LogP contribution in [0.4, 0.5) is 4.79 Å². The number of amides is 2. The van der Waals surface area contributed by atoms with E-state index in [1.165, 1.54) is 27.7 Å². The number of rotatable bonds is 5. The van der Waals surface area contributed by atoms with Gasteiger partial charge in [0.05, 0.1) is 4.90 Å². The molecular weight excluding hydrogens is 354 g/mol. The lowest BCUT2D eigenvalue weighted by Crippen LogP contribution is -2.46. The summed E-state index contributed by atoms with van der Waals surface area (Å²) < 4.78 is 32.5. The summed E-state index contributed by atoms with van der Waals surface area (Å²) >= 11 is 1.28. The smallest absolute Gasteiger partial charge is 0.411 e. The van der Waals surface area contributed by atoms with Gasteiger partial charge < -0.3 is 10.1 Å². The van der Waals surface area contributed by atoms with Gasteiger partial charge in [0, 0.05) is 24.4 Å². The van der Waals surface area contributed by atoms with Gasteiger partial charge in [-0.3, -0.25) is 9.69 Å². The van der Waals surface area contributed by atoms with Crippen molar-refractivity contribution in [3.63, 3.8) is 0 Å². The molecule has 0 aliphatic carbocycles. The topological polar surface area (TPSA) is 105 Å². The Kier molecular flexibility index (Phi) is 5.51. The highest BCUT2D eigenvalue weighted by atomic mass is 32.2. The van der Waals surface area contributed by atoms with Gasteiger partial charge >= 0.3 is 6.09 Å². The first-order valence-electron chi connectivity index (χ1n) is 7.36. The van der Waals surface area contributed by atoms with E-state index >= 15 is 0 Å². The number of sulfonamides is 1. The zero-order valence-corrected chi connectivity index (χ0v) is 15.3. The lowest BCUT2D eigenvalue weighted by molar-refractivity contribution is -0.110. The van der Waals surface area contributed by atoms with E-state index in [1.54, 1.807) is 26.2 Å². The minimum absolute atomic E-state index is 0.115. The van der Waals surface area contributed by atoms with Crippen LogP contribution in [0.15, 0.2) is 21.7 Å². The van der Waals surface area contributed by atoms with Crippen LogP contribution in [0.1, 0.15) is 27.2 Å². The van der Waals surface area contributed by atoms with Crippen molar-refractivity contribution in [1.82, 2.24) is 14.9 Å². The zero-order chi connectivity index (χ0) is 18.0. The van der Waals surface area contributed by atoms with E-state index in [2.05, 4.69) is 10.0 Å². The summed E-state index contributed by atoms with van der Waals surface area (Å²) in [6, 6.07) is 0.995. The van der Waals surface area contributed by atoms with Crippen LogP contribution in [0, 0.1) is 0 Å². The quantitative estimate of drug-likeness (QED) is 0.750. The summed E-state index contributed by atoms with van der Waals surface area (Å²) in [4.78, 5) is 24.5. The predicted octanol–water partition coefficient (Wildman–Crippen LogP) is 1.11. The molecule has 1 aromatic rings.